The second kappa shape index (κ2) is 6.52. The van der Waals surface area contributed by atoms with Gasteiger partial charge in [-0.05, 0) is 48.0 Å². The average Bonchev–Trinajstić information content (AvgIpc) is 3.01. The van der Waals surface area contributed by atoms with Gasteiger partial charge in [-0.2, -0.15) is 0 Å². The first kappa shape index (κ1) is 16.1. The normalized spacial score (nSPS) is 12.2. The molecule has 0 aliphatic carbocycles. The van der Waals surface area contributed by atoms with Crippen LogP contribution in [0.2, 0.25) is 0 Å². The molecule has 130 valence electrons. The molecule has 1 aromatic heterocycles. The Morgan fingerprint density at radius 2 is 1.77 bits per heavy atom. The van der Waals surface area contributed by atoms with Crippen molar-refractivity contribution in [2.75, 3.05) is 10.6 Å². The summed E-state index contributed by atoms with van der Waals surface area (Å²) >= 11 is 0. The number of nitrogens with zero attached hydrogens (tertiary/aromatic N) is 1. The van der Waals surface area contributed by atoms with Crippen LogP contribution in [-0.4, -0.2) is 16.9 Å². The van der Waals surface area contributed by atoms with E-state index in [4.69, 9.17) is 4.42 Å². The second-order valence-corrected chi connectivity index (χ2v) is 6.33. The minimum Gasteiger partial charge on any atom is -0.441 e. The van der Waals surface area contributed by atoms with E-state index >= 15 is 0 Å². The zero-order valence-corrected chi connectivity index (χ0v) is 14.6. The summed E-state index contributed by atoms with van der Waals surface area (Å²) in [5, 5.41) is 8.41. The van der Waals surface area contributed by atoms with E-state index in [1.54, 1.807) is 0 Å². The molecule has 4 aromatic rings. The van der Waals surface area contributed by atoms with Crippen LogP contribution in [0.1, 0.15) is 12.8 Å². The third kappa shape index (κ3) is 3.24. The van der Waals surface area contributed by atoms with Gasteiger partial charge in [0.1, 0.15) is 11.6 Å². The number of oxazole rings is 1. The first-order valence-corrected chi connectivity index (χ1v) is 8.52. The summed E-state index contributed by atoms with van der Waals surface area (Å²) in [4.78, 5) is 16.8. The molecule has 1 heterocycles. The molecule has 0 radical (unpaired) electrons. The summed E-state index contributed by atoms with van der Waals surface area (Å²) in [5.41, 5.74) is 3.12. The Labute approximate surface area is 151 Å². The highest BCUT2D eigenvalue weighted by Crippen LogP contribution is 2.21. The number of nitrogens with one attached hydrogen (secondary N) is 2. The average molecular weight is 345 g/mol. The van der Waals surface area contributed by atoms with Gasteiger partial charge in [0.15, 0.2) is 11.5 Å². The van der Waals surface area contributed by atoms with E-state index in [1.807, 2.05) is 74.5 Å². The van der Waals surface area contributed by atoms with Crippen LogP contribution >= 0.6 is 0 Å². The summed E-state index contributed by atoms with van der Waals surface area (Å²) in [7, 11) is 0. The molecular weight excluding hydrogens is 326 g/mol. The lowest BCUT2D eigenvalue weighted by molar-refractivity contribution is -0.116. The Morgan fingerprint density at radius 3 is 2.62 bits per heavy atom. The molecular formula is C21H19N3O2. The fourth-order valence-electron chi connectivity index (χ4n) is 2.97. The Kier molecular flexibility index (Phi) is 4.05. The topological polar surface area (TPSA) is 67.2 Å². The number of anilines is 2. The highest BCUT2D eigenvalue weighted by molar-refractivity contribution is 5.98. The fraction of sp³-hybridized carbons (Fsp3) is 0.143. The maximum Gasteiger partial charge on any atom is 0.246 e. The van der Waals surface area contributed by atoms with E-state index in [0.717, 1.165) is 33.2 Å². The summed E-state index contributed by atoms with van der Waals surface area (Å²) < 4.78 is 5.47. The molecule has 1 amide bonds. The number of rotatable bonds is 4. The molecule has 5 nitrogen and oxygen atoms in total. The van der Waals surface area contributed by atoms with Crippen molar-refractivity contribution in [1.82, 2.24) is 4.98 Å². The van der Waals surface area contributed by atoms with Gasteiger partial charge >= 0.3 is 0 Å². The third-order valence-electron chi connectivity index (χ3n) is 4.29. The van der Waals surface area contributed by atoms with Gasteiger partial charge in [-0.15, -0.1) is 0 Å². The quantitative estimate of drug-likeness (QED) is 0.561. The highest BCUT2D eigenvalue weighted by Gasteiger charge is 2.14. The van der Waals surface area contributed by atoms with Crippen molar-refractivity contribution < 1.29 is 9.21 Å². The predicted octanol–water partition coefficient (Wildman–Crippen LogP) is 4.73. The van der Waals surface area contributed by atoms with Crippen molar-refractivity contribution in [2.45, 2.75) is 19.9 Å². The standard InChI is InChI=1S/C21H19N3O2/c1-13(22-18-9-10-20-19(12-18)23-14(2)26-20)21(25)24-17-8-7-15-5-3-4-6-16(15)11-17/h3-13,22H,1-2H3,(H,24,25). The van der Waals surface area contributed by atoms with E-state index in [2.05, 4.69) is 15.6 Å². The van der Waals surface area contributed by atoms with Crippen molar-refractivity contribution in [3.8, 4) is 0 Å². The van der Waals surface area contributed by atoms with Crippen LogP contribution in [0.5, 0.6) is 0 Å². The van der Waals surface area contributed by atoms with Gasteiger partial charge < -0.3 is 15.1 Å². The molecule has 3 aromatic carbocycles. The monoisotopic (exact) mass is 345 g/mol. The summed E-state index contributed by atoms with van der Waals surface area (Å²) in [6, 6.07) is 19.2. The van der Waals surface area contributed by atoms with Crippen LogP contribution in [-0.2, 0) is 4.79 Å². The summed E-state index contributed by atoms with van der Waals surface area (Å²) in [5.74, 6) is 0.524. The molecule has 5 heteroatoms. The van der Waals surface area contributed by atoms with Crippen molar-refractivity contribution in [3.63, 3.8) is 0 Å². The van der Waals surface area contributed by atoms with Gasteiger partial charge in [0, 0.05) is 18.3 Å². The van der Waals surface area contributed by atoms with Gasteiger partial charge in [0.05, 0.1) is 0 Å². The molecule has 4 rings (SSSR count). The molecule has 0 aliphatic heterocycles. The molecule has 0 spiro atoms. The zero-order valence-electron chi connectivity index (χ0n) is 14.6. The number of carbonyl (C=O) groups is 1. The first-order chi connectivity index (χ1) is 12.6. The lowest BCUT2D eigenvalue weighted by Gasteiger charge is -2.15. The number of hydrogen-bond acceptors (Lipinski definition) is 4. The predicted molar refractivity (Wildman–Crippen MR) is 104 cm³/mol. The highest BCUT2D eigenvalue weighted by atomic mass is 16.3. The molecule has 0 bridgehead atoms. The molecule has 0 fully saturated rings. The molecule has 0 saturated heterocycles. The van der Waals surface area contributed by atoms with Gasteiger partial charge in [0.25, 0.3) is 0 Å². The first-order valence-electron chi connectivity index (χ1n) is 8.52. The number of fused-ring (bicyclic) bond motifs is 2. The van der Waals surface area contributed by atoms with E-state index < -0.39 is 6.04 Å². The Balaban J connectivity index is 1.47. The zero-order chi connectivity index (χ0) is 18.1. The van der Waals surface area contributed by atoms with Crippen molar-refractivity contribution in [3.05, 3.63) is 66.6 Å². The minimum absolute atomic E-state index is 0.100. The number of aryl methyl sites for hydroxylation is 1. The van der Waals surface area contributed by atoms with Gasteiger partial charge in [0.2, 0.25) is 5.91 Å². The van der Waals surface area contributed by atoms with E-state index in [9.17, 15) is 4.79 Å². The van der Waals surface area contributed by atoms with E-state index in [1.165, 1.54) is 0 Å². The van der Waals surface area contributed by atoms with E-state index in [-0.39, 0.29) is 5.91 Å². The maximum atomic E-state index is 12.5. The third-order valence-corrected chi connectivity index (χ3v) is 4.29. The van der Waals surface area contributed by atoms with Crippen LogP contribution in [0.15, 0.2) is 65.1 Å². The minimum atomic E-state index is -0.396. The lowest BCUT2D eigenvalue weighted by Crippen LogP contribution is -2.31. The largest absolute Gasteiger partial charge is 0.441 e. The van der Waals surface area contributed by atoms with Crippen LogP contribution in [0, 0.1) is 6.92 Å². The van der Waals surface area contributed by atoms with Crippen LogP contribution < -0.4 is 10.6 Å². The molecule has 2 N–H and O–H groups in total. The molecule has 1 atom stereocenters. The molecule has 1 unspecified atom stereocenters. The smallest absolute Gasteiger partial charge is 0.246 e. The van der Waals surface area contributed by atoms with Crippen LogP contribution in [0.3, 0.4) is 0 Å². The Hall–Kier alpha value is -3.34. The van der Waals surface area contributed by atoms with E-state index in [0.29, 0.717) is 5.89 Å². The SMILES string of the molecule is Cc1nc2cc(NC(C)C(=O)Nc3ccc4ccccc4c3)ccc2o1. The van der Waals surface area contributed by atoms with Gasteiger partial charge in [-0.25, -0.2) is 4.98 Å². The van der Waals surface area contributed by atoms with Crippen LogP contribution in [0.25, 0.3) is 21.9 Å². The number of amides is 1. The maximum absolute atomic E-state index is 12.5. The number of carbonyl (C=O) groups excluding carboxylic acids is 1. The Bertz CT molecular complexity index is 1100. The van der Waals surface area contributed by atoms with Crippen molar-refractivity contribution >= 4 is 39.2 Å². The lowest BCUT2D eigenvalue weighted by atomic mass is 10.1. The van der Waals surface area contributed by atoms with Gasteiger partial charge in [-0.3, -0.25) is 4.79 Å². The van der Waals surface area contributed by atoms with Crippen molar-refractivity contribution in [1.29, 1.82) is 0 Å². The van der Waals surface area contributed by atoms with Crippen LogP contribution in [0.4, 0.5) is 11.4 Å². The number of hydrogen-bond donors (Lipinski definition) is 2. The molecule has 0 saturated carbocycles. The number of benzene rings is 3. The van der Waals surface area contributed by atoms with Gasteiger partial charge in [-0.1, -0.05) is 30.3 Å². The second-order valence-electron chi connectivity index (χ2n) is 6.33. The van der Waals surface area contributed by atoms with Crippen molar-refractivity contribution in [2.24, 2.45) is 0 Å². The Morgan fingerprint density at radius 1 is 1.00 bits per heavy atom. The molecule has 26 heavy (non-hydrogen) atoms. The molecule has 0 aliphatic rings. The summed E-state index contributed by atoms with van der Waals surface area (Å²) in [6.45, 7) is 3.64. The fourth-order valence-corrected chi connectivity index (χ4v) is 2.97. The summed E-state index contributed by atoms with van der Waals surface area (Å²) in [6.07, 6.45) is 0. The number of aromatic nitrogens is 1.